The summed E-state index contributed by atoms with van der Waals surface area (Å²) in [7, 11) is 0. The Labute approximate surface area is 135 Å². The van der Waals surface area contributed by atoms with Crippen LogP contribution >= 0.6 is 0 Å². The molecule has 1 aromatic rings. The molecule has 0 saturated carbocycles. The summed E-state index contributed by atoms with van der Waals surface area (Å²) in [6, 6.07) is 8.49. The van der Waals surface area contributed by atoms with Crippen molar-refractivity contribution in [1.29, 1.82) is 0 Å². The predicted molar refractivity (Wildman–Crippen MR) is 94.8 cm³/mol. The topological polar surface area (TPSA) is 32.3 Å². The molecular weight excluding hydrogens is 272 g/mol. The maximum Gasteiger partial charge on any atom is 0.318 e. The molecule has 0 radical (unpaired) electrons. The quantitative estimate of drug-likeness (QED) is 0.834. The van der Waals surface area contributed by atoms with E-state index in [4.69, 9.17) is 0 Å². The van der Waals surface area contributed by atoms with Crippen LogP contribution in [-0.4, -0.2) is 23.0 Å². The summed E-state index contributed by atoms with van der Waals surface area (Å²) in [5.41, 5.74) is 2.76. The fraction of sp³-hybridized carbons (Fsp3) is 0.526. The van der Waals surface area contributed by atoms with Gasteiger partial charge in [-0.25, -0.2) is 4.79 Å². The van der Waals surface area contributed by atoms with Gasteiger partial charge < -0.3 is 10.2 Å². The maximum absolute atomic E-state index is 12.6. The Balaban J connectivity index is 3.02. The lowest BCUT2D eigenvalue weighted by atomic mass is 9.91. The molecule has 1 aromatic carbocycles. The summed E-state index contributed by atoms with van der Waals surface area (Å²) in [6.45, 7) is 18.2. The summed E-state index contributed by atoms with van der Waals surface area (Å²) in [4.78, 5) is 14.5. The van der Waals surface area contributed by atoms with Crippen LogP contribution in [0.2, 0.25) is 0 Å². The minimum Gasteiger partial charge on any atom is -0.329 e. The van der Waals surface area contributed by atoms with Crippen molar-refractivity contribution in [3.8, 4) is 0 Å². The van der Waals surface area contributed by atoms with E-state index in [0.717, 1.165) is 16.7 Å². The van der Waals surface area contributed by atoms with Crippen molar-refractivity contribution in [3.63, 3.8) is 0 Å². The van der Waals surface area contributed by atoms with Crippen molar-refractivity contribution >= 4 is 11.6 Å². The molecule has 0 fully saturated rings. The second-order valence-corrected chi connectivity index (χ2v) is 7.01. The molecule has 0 aliphatic carbocycles. The molecule has 0 aromatic heterocycles. The first-order valence-corrected chi connectivity index (χ1v) is 7.93. The molecule has 22 heavy (non-hydrogen) atoms. The monoisotopic (exact) mass is 302 g/mol. The summed E-state index contributed by atoms with van der Waals surface area (Å²) in [5, 5.41) is 3.16. The molecule has 0 heterocycles. The highest BCUT2D eigenvalue weighted by atomic mass is 16.2. The summed E-state index contributed by atoms with van der Waals surface area (Å²) in [5.74, 6) is 0. The molecule has 0 spiro atoms. The van der Waals surface area contributed by atoms with Crippen LogP contribution in [0.25, 0.3) is 5.57 Å². The van der Waals surface area contributed by atoms with Crippen molar-refractivity contribution in [2.75, 3.05) is 0 Å². The molecule has 0 saturated heterocycles. The van der Waals surface area contributed by atoms with Crippen LogP contribution in [0.15, 0.2) is 30.8 Å². The number of benzene rings is 1. The van der Waals surface area contributed by atoms with Crippen LogP contribution in [0.3, 0.4) is 0 Å². The van der Waals surface area contributed by atoms with Gasteiger partial charge in [-0.05, 0) is 65.7 Å². The third kappa shape index (κ3) is 4.36. The van der Waals surface area contributed by atoms with Gasteiger partial charge in [0.25, 0.3) is 0 Å². The van der Waals surface area contributed by atoms with Crippen molar-refractivity contribution < 1.29 is 4.79 Å². The average Bonchev–Trinajstić information content (AvgIpc) is 2.37. The number of amides is 2. The standard InChI is InChI=1S/C19H30N2O/c1-13(2)16-10-9-11-17(12-16)19(7,8)20-18(22)21(14(3)4)15(5)6/h9-12,14-15H,1H2,2-8H3,(H,20,22). The fourth-order valence-corrected chi connectivity index (χ4v) is 2.64. The van der Waals surface area contributed by atoms with Crippen molar-refractivity contribution in [2.45, 2.75) is 66.1 Å². The number of carbonyl (C=O) groups is 1. The van der Waals surface area contributed by atoms with Gasteiger partial charge in [-0.3, -0.25) is 0 Å². The molecule has 0 bridgehead atoms. The van der Waals surface area contributed by atoms with Gasteiger partial charge in [-0.1, -0.05) is 30.4 Å². The van der Waals surface area contributed by atoms with E-state index >= 15 is 0 Å². The second-order valence-electron chi connectivity index (χ2n) is 7.01. The smallest absolute Gasteiger partial charge is 0.318 e. The van der Waals surface area contributed by atoms with E-state index in [2.05, 4.69) is 18.0 Å². The van der Waals surface area contributed by atoms with Crippen LogP contribution in [0.5, 0.6) is 0 Å². The first kappa shape index (κ1) is 18.3. The van der Waals surface area contributed by atoms with E-state index in [0.29, 0.717) is 0 Å². The number of nitrogens with zero attached hydrogens (tertiary/aromatic N) is 1. The van der Waals surface area contributed by atoms with Crippen LogP contribution < -0.4 is 5.32 Å². The average molecular weight is 302 g/mol. The molecule has 3 nitrogen and oxygen atoms in total. The van der Waals surface area contributed by atoms with E-state index < -0.39 is 5.54 Å². The first-order chi connectivity index (χ1) is 10.1. The largest absolute Gasteiger partial charge is 0.329 e. The first-order valence-electron chi connectivity index (χ1n) is 7.93. The normalized spacial score (nSPS) is 11.7. The third-order valence-electron chi connectivity index (χ3n) is 3.84. The van der Waals surface area contributed by atoms with Crippen LogP contribution in [-0.2, 0) is 5.54 Å². The van der Waals surface area contributed by atoms with E-state index in [1.807, 2.05) is 71.6 Å². The van der Waals surface area contributed by atoms with Gasteiger partial charge in [-0.15, -0.1) is 0 Å². The molecular formula is C19H30N2O. The number of allylic oxidation sites excluding steroid dienone is 1. The summed E-state index contributed by atoms with van der Waals surface area (Å²) >= 11 is 0. The number of rotatable bonds is 5. The number of carbonyl (C=O) groups excluding carboxylic acids is 1. The highest BCUT2D eigenvalue weighted by Crippen LogP contribution is 2.24. The van der Waals surface area contributed by atoms with Crippen molar-refractivity contribution in [2.24, 2.45) is 0 Å². The zero-order chi connectivity index (χ0) is 17.1. The van der Waals surface area contributed by atoms with Gasteiger partial charge in [0.1, 0.15) is 0 Å². The number of urea groups is 1. The van der Waals surface area contributed by atoms with Crippen molar-refractivity contribution in [3.05, 3.63) is 42.0 Å². The van der Waals surface area contributed by atoms with Gasteiger partial charge in [0.15, 0.2) is 0 Å². The van der Waals surface area contributed by atoms with Gasteiger partial charge in [-0.2, -0.15) is 0 Å². The molecule has 0 atom stereocenters. The number of nitrogens with one attached hydrogen (secondary N) is 1. The lowest BCUT2D eigenvalue weighted by Crippen LogP contribution is -2.53. The Morgan fingerprint density at radius 3 is 2.18 bits per heavy atom. The van der Waals surface area contributed by atoms with Crippen molar-refractivity contribution in [1.82, 2.24) is 10.2 Å². The zero-order valence-corrected chi connectivity index (χ0v) is 15.0. The Morgan fingerprint density at radius 2 is 1.73 bits per heavy atom. The molecule has 1 rings (SSSR count). The third-order valence-corrected chi connectivity index (χ3v) is 3.84. The SMILES string of the molecule is C=C(C)c1cccc(C(C)(C)NC(=O)N(C(C)C)C(C)C)c1. The summed E-state index contributed by atoms with van der Waals surface area (Å²) in [6.07, 6.45) is 0. The Kier molecular flexibility index (Phi) is 5.81. The maximum atomic E-state index is 12.6. The highest BCUT2D eigenvalue weighted by molar-refractivity contribution is 5.76. The fourth-order valence-electron chi connectivity index (χ4n) is 2.64. The Bertz CT molecular complexity index is 536. The zero-order valence-electron chi connectivity index (χ0n) is 15.0. The van der Waals surface area contributed by atoms with E-state index in [1.165, 1.54) is 0 Å². The number of hydrogen-bond donors (Lipinski definition) is 1. The lowest BCUT2D eigenvalue weighted by Gasteiger charge is -2.35. The molecule has 1 N–H and O–H groups in total. The minimum absolute atomic E-state index is 0.0317. The molecule has 2 amide bonds. The van der Waals surface area contributed by atoms with E-state index in [9.17, 15) is 4.79 Å². The molecule has 0 unspecified atom stereocenters. The Morgan fingerprint density at radius 1 is 1.18 bits per heavy atom. The van der Waals surface area contributed by atoms with Gasteiger partial charge >= 0.3 is 6.03 Å². The highest BCUT2D eigenvalue weighted by Gasteiger charge is 2.28. The molecule has 3 heteroatoms. The van der Waals surface area contributed by atoms with Crippen LogP contribution in [0.1, 0.15) is 59.6 Å². The second kappa shape index (κ2) is 6.99. The van der Waals surface area contributed by atoms with Gasteiger partial charge in [0, 0.05) is 12.1 Å². The van der Waals surface area contributed by atoms with Crippen LogP contribution in [0, 0.1) is 0 Å². The Hall–Kier alpha value is -1.77. The summed E-state index contributed by atoms with van der Waals surface area (Å²) < 4.78 is 0. The lowest BCUT2D eigenvalue weighted by molar-refractivity contribution is 0.155. The molecule has 0 aliphatic heterocycles. The molecule has 122 valence electrons. The van der Waals surface area contributed by atoms with Crippen LogP contribution in [0.4, 0.5) is 4.79 Å². The van der Waals surface area contributed by atoms with E-state index in [1.54, 1.807) is 0 Å². The molecule has 0 aliphatic rings. The predicted octanol–water partition coefficient (Wildman–Crippen LogP) is 4.78. The number of hydrogen-bond acceptors (Lipinski definition) is 1. The van der Waals surface area contributed by atoms with Gasteiger partial charge in [0.05, 0.1) is 5.54 Å². The van der Waals surface area contributed by atoms with E-state index in [-0.39, 0.29) is 18.1 Å². The minimum atomic E-state index is -0.440. The van der Waals surface area contributed by atoms with Gasteiger partial charge in [0.2, 0.25) is 0 Å².